The number of hydrogen-bond donors (Lipinski definition) is 3. The van der Waals surface area contributed by atoms with Crippen LogP contribution in [0.4, 0.5) is 11.5 Å². The van der Waals surface area contributed by atoms with E-state index >= 15 is 0 Å². The van der Waals surface area contributed by atoms with Crippen LogP contribution >= 0.6 is 0 Å². The van der Waals surface area contributed by atoms with E-state index in [2.05, 4.69) is 26.3 Å². The molecule has 7 heteroatoms. The smallest absolute Gasteiger partial charge is 0.258 e. The number of H-pyrrole nitrogens is 1. The van der Waals surface area contributed by atoms with Crippen LogP contribution in [0.15, 0.2) is 35.4 Å². The molecule has 3 rings (SSSR count). The van der Waals surface area contributed by atoms with Gasteiger partial charge in [0.05, 0.1) is 29.2 Å². The summed E-state index contributed by atoms with van der Waals surface area (Å²) < 4.78 is 0. The second-order valence-corrected chi connectivity index (χ2v) is 6.34. The Hall–Kier alpha value is -2.85. The summed E-state index contributed by atoms with van der Waals surface area (Å²) >= 11 is 0. The van der Waals surface area contributed by atoms with Gasteiger partial charge in [-0.05, 0) is 31.9 Å². The van der Waals surface area contributed by atoms with Crippen LogP contribution in [0.1, 0.15) is 36.9 Å². The first-order valence-corrected chi connectivity index (χ1v) is 8.44. The molecule has 2 atom stereocenters. The first-order chi connectivity index (χ1) is 12.1. The van der Waals surface area contributed by atoms with Gasteiger partial charge in [-0.2, -0.15) is 5.26 Å². The molecule has 1 fully saturated rings. The number of nitrogens with one attached hydrogen (secondary N) is 2. The van der Waals surface area contributed by atoms with Crippen LogP contribution in [0.25, 0.3) is 0 Å². The molecule has 2 aromatic rings. The number of aromatic amines is 1. The van der Waals surface area contributed by atoms with Crippen molar-refractivity contribution in [2.24, 2.45) is 5.73 Å². The lowest BCUT2D eigenvalue weighted by molar-refractivity contribution is 0.501. The van der Waals surface area contributed by atoms with Gasteiger partial charge < -0.3 is 20.9 Å². The van der Waals surface area contributed by atoms with Gasteiger partial charge in [0.15, 0.2) is 0 Å². The molecule has 0 saturated carbocycles. The molecule has 0 aliphatic carbocycles. The van der Waals surface area contributed by atoms with Crippen molar-refractivity contribution in [3.05, 3.63) is 52.1 Å². The number of hydrogen-bond acceptors (Lipinski definition) is 6. The second kappa shape index (κ2) is 7.36. The molecule has 1 saturated heterocycles. The van der Waals surface area contributed by atoms with Gasteiger partial charge in [-0.3, -0.25) is 4.79 Å². The summed E-state index contributed by atoms with van der Waals surface area (Å²) in [6.45, 7) is 3.41. The van der Waals surface area contributed by atoms with E-state index in [1.54, 1.807) is 6.07 Å². The summed E-state index contributed by atoms with van der Waals surface area (Å²) in [5, 5.41) is 12.5. The van der Waals surface area contributed by atoms with Crippen molar-refractivity contribution in [2.75, 3.05) is 23.3 Å². The third-order valence-electron chi connectivity index (χ3n) is 4.48. The van der Waals surface area contributed by atoms with Gasteiger partial charge in [0.1, 0.15) is 11.9 Å². The molecule has 1 aromatic heterocycles. The summed E-state index contributed by atoms with van der Waals surface area (Å²) in [5.74, 6) is 0.660. The molecule has 2 unspecified atom stereocenters. The topological polar surface area (TPSA) is 111 Å². The molecule has 2 heterocycles. The first-order valence-electron chi connectivity index (χ1n) is 8.44. The van der Waals surface area contributed by atoms with Crippen molar-refractivity contribution in [1.82, 2.24) is 9.97 Å². The van der Waals surface area contributed by atoms with Crippen molar-refractivity contribution in [3.63, 3.8) is 0 Å². The molecule has 25 heavy (non-hydrogen) atoms. The zero-order valence-electron chi connectivity index (χ0n) is 14.2. The first kappa shape index (κ1) is 17.0. The quantitative estimate of drug-likeness (QED) is 0.783. The fourth-order valence-electron chi connectivity index (χ4n) is 3.26. The number of para-hydroxylation sites is 1. The van der Waals surface area contributed by atoms with E-state index in [4.69, 9.17) is 5.73 Å². The Morgan fingerprint density at radius 3 is 3.04 bits per heavy atom. The van der Waals surface area contributed by atoms with Crippen molar-refractivity contribution in [1.29, 1.82) is 5.26 Å². The molecule has 0 amide bonds. The van der Waals surface area contributed by atoms with Gasteiger partial charge in [-0.1, -0.05) is 12.1 Å². The maximum absolute atomic E-state index is 12.5. The monoisotopic (exact) mass is 338 g/mol. The SMILES string of the molecule is CC(Nc1ccccc1C#N)c1c(N2CCCC(N)C2)nc[nH]c1=O. The minimum Gasteiger partial charge on any atom is -0.377 e. The van der Waals surface area contributed by atoms with E-state index in [1.807, 2.05) is 25.1 Å². The van der Waals surface area contributed by atoms with E-state index in [-0.39, 0.29) is 17.6 Å². The number of nitriles is 1. The molecule has 130 valence electrons. The van der Waals surface area contributed by atoms with Crippen LogP contribution in [0, 0.1) is 11.3 Å². The van der Waals surface area contributed by atoms with E-state index in [0.29, 0.717) is 29.2 Å². The molecule has 0 spiro atoms. The molecule has 7 nitrogen and oxygen atoms in total. The van der Waals surface area contributed by atoms with Crippen molar-refractivity contribution >= 4 is 11.5 Å². The number of aromatic nitrogens is 2. The highest BCUT2D eigenvalue weighted by Crippen LogP contribution is 2.27. The molecular weight excluding hydrogens is 316 g/mol. The maximum Gasteiger partial charge on any atom is 0.258 e. The van der Waals surface area contributed by atoms with Crippen molar-refractivity contribution in [2.45, 2.75) is 31.8 Å². The lowest BCUT2D eigenvalue weighted by Gasteiger charge is -2.33. The molecular formula is C18H22N6O. The average Bonchev–Trinajstić information content (AvgIpc) is 2.61. The molecule has 0 radical (unpaired) electrons. The second-order valence-electron chi connectivity index (χ2n) is 6.34. The number of piperidine rings is 1. The minimum atomic E-state index is -0.305. The molecule has 1 aromatic carbocycles. The fraction of sp³-hybridized carbons (Fsp3) is 0.389. The summed E-state index contributed by atoms with van der Waals surface area (Å²) in [4.78, 5) is 21.6. The zero-order chi connectivity index (χ0) is 17.8. The largest absolute Gasteiger partial charge is 0.377 e. The number of nitrogens with zero attached hydrogens (tertiary/aromatic N) is 3. The normalized spacial score (nSPS) is 18.4. The van der Waals surface area contributed by atoms with Crippen LogP contribution in [-0.4, -0.2) is 29.1 Å². The fourth-order valence-corrected chi connectivity index (χ4v) is 3.26. The van der Waals surface area contributed by atoms with Gasteiger partial charge in [0, 0.05) is 19.1 Å². The predicted octanol–water partition coefficient (Wildman–Crippen LogP) is 1.74. The van der Waals surface area contributed by atoms with Gasteiger partial charge in [-0.15, -0.1) is 0 Å². The van der Waals surface area contributed by atoms with E-state index in [1.165, 1.54) is 6.33 Å². The standard InChI is InChI=1S/C18H22N6O/c1-12(23-15-7-3-2-5-13(15)9-19)16-17(21-11-22-18(16)25)24-8-4-6-14(20)10-24/h2-3,5,7,11-12,14,23H,4,6,8,10,20H2,1H3,(H,21,22,25). The Labute approximate surface area is 146 Å². The highest BCUT2D eigenvalue weighted by molar-refractivity contribution is 5.59. The highest BCUT2D eigenvalue weighted by atomic mass is 16.1. The highest BCUT2D eigenvalue weighted by Gasteiger charge is 2.24. The molecule has 1 aliphatic heterocycles. The number of rotatable bonds is 4. The summed E-state index contributed by atoms with van der Waals surface area (Å²) in [6, 6.07) is 9.18. The van der Waals surface area contributed by atoms with Gasteiger partial charge in [-0.25, -0.2) is 4.98 Å². The predicted molar refractivity (Wildman–Crippen MR) is 97.5 cm³/mol. The molecule has 1 aliphatic rings. The van der Waals surface area contributed by atoms with E-state index in [9.17, 15) is 10.1 Å². The number of anilines is 2. The van der Waals surface area contributed by atoms with Crippen LogP contribution in [0.5, 0.6) is 0 Å². The van der Waals surface area contributed by atoms with Crippen molar-refractivity contribution < 1.29 is 0 Å². The average molecular weight is 338 g/mol. The Kier molecular flexibility index (Phi) is 5.00. The van der Waals surface area contributed by atoms with Crippen molar-refractivity contribution in [3.8, 4) is 6.07 Å². The minimum absolute atomic E-state index is 0.0882. The lowest BCUT2D eigenvalue weighted by atomic mass is 10.0. The van der Waals surface area contributed by atoms with Gasteiger partial charge in [0.25, 0.3) is 5.56 Å². The van der Waals surface area contributed by atoms with Gasteiger partial charge in [0.2, 0.25) is 0 Å². The Balaban J connectivity index is 1.93. The van der Waals surface area contributed by atoms with Crippen LogP contribution in [-0.2, 0) is 0 Å². The van der Waals surface area contributed by atoms with E-state index < -0.39 is 0 Å². The maximum atomic E-state index is 12.5. The Morgan fingerprint density at radius 1 is 1.48 bits per heavy atom. The van der Waals surface area contributed by atoms with Gasteiger partial charge >= 0.3 is 0 Å². The summed E-state index contributed by atoms with van der Waals surface area (Å²) in [5.41, 5.74) is 7.69. The Bertz CT molecular complexity index is 840. The number of nitrogens with two attached hydrogens (primary N) is 1. The van der Waals surface area contributed by atoms with Crippen LogP contribution < -0.4 is 21.5 Å². The lowest BCUT2D eigenvalue weighted by Crippen LogP contribution is -2.44. The molecule has 4 N–H and O–H groups in total. The van der Waals surface area contributed by atoms with E-state index in [0.717, 1.165) is 19.4 Å². The summed E-state index contributed by atoms with van der Waals surface area (Å²) in [6.07, 6.45) is 3.39. The third kappa shape index (κ3) is 3.64. The molecule has 0 bridgehead atoms. The summed E-state index contributed by atoms with van der Waals surface area (Å²) in [7, 11) is 0. The third-order valence-corrected chi connectivity index (χ3v) is 4.48. The van der Waals surface area contributed by atoms with Crippen LogP contribution in [0.3, 0.4) is 0 Å². The Morgan fingerprint density at radius 2 is 2.28 bits per heavy atom. The number of benzene rings is 1. The zero-order valence-corrected chi connectivity index (χ0v) is 14.2. The van der Waals surface area contributed by atoms with Crippen LogP contribution in [0.2, 0.25) is 0 Å².